The lowest BCUT2D eigenvalue weighted by molar-refractivity contribution is 0.0693. The van der Waals surface area contributed by atoms with E-state index in [9.17, 15) is 14.7 Å². The molecule has 4 nitrogen and oxygen atoms in total. The Morgan fingerprint density at radius 2 is 1.83 bits per heavy atom. The Morgan fingerprint density at radius 3 is 2.46 bits per heavy atom. The first-order valence-corrected chi connectivity index (χ1v) is 7.80. The molecule has 0 aliphatic rings. The van der Waals surface area contributed by atoms with Crippen molar-refractivity contribution in [3.8, 4) is 11.1 Å². The second kappa shape index (κ2) is 5.96. The van der Waals surface area contributed by atoms with Gasteiger partial charge in [-0.2, -0.15) is 0 Å². The smallest absolute Gasteiger partial charge is 0.351 e. The molecule has 0 unspecified atom stereocenters. The number of rotatable bonds is 3. The maximum absolute atomic E-state index is 12.3. The molecule has 4 heteroatoms. The van der Waals surface area contributed by atoms with Crippen LogP contribution in [0.4, 0.5) is 0 Å². The molecule has 0 amide bonds. The Labute approximate surface area is 139 Å². The maximum Gasteiger partial charge on any atom is 0.351 e. The highest BCUT2D eigenvalue weighted by Gasteiger charge is 2.23. The number of hydrogen-bond donors (Lipinski definition) is 1. The van der Waals surface area contributed by atoms with Crippen LogP contribution in [0.1, 0.15) is 41.3 Å². The fourth-order valence-electron chi connectivity index (χ4n) is 2.91. The first-order chi connectivity index (χ1) is 11.4. The van der Waals surface area contributed by atoms with Gasteiger partial charge in [0.1, 0.15) is 5.58 Å². The zero-order valence-electron chi connectivity index (χ0n) is 13.8. The van der Waals surface area contributed by atoms with Crippen LogP contribution in [-0.2, 0) is 0 Å². The van der Waals surface area contributed by atoms with Crippen molar-refractivity contribution in [2.24, 2.45) is 0 Å². The average Bonchev–Trinajstić information content (AvgIpc) is 2.53. The van der Waals surface area contributed by atoms with E-state index in [1.807, 2.05) is 43.3 Å². The molecule has 0 aliphatic carbocycles. The summed E-state index contributed by atoms with van der Waals surface area (Å²) in [5.74, 6) is -1.00. The largest absolute Gasteiger partial charge is 0.477 e. The lowest BCUT2D eigenvalue weighted by Crippen LogP contribution is -2.16. The number of carboxylic acid groups (broad SMARTS) is 1. The molecule has 3 aromatic rings. The second-order valence-electron chi connectivity index (χ2n) is 6.17. The van der Waals surface area contributed by atoms with E-state index < -0.39 is 11.6 Å². The average molecular weight is 322 g/mol. The molecule has 0 saturated heterocycles. The summed E-state index contributed by atoms with van der Waals surface area (Å²) in [6, 6.07) is 13.0. The third-order valence-electron chi connectivity index (χ3n) is 4.22. The van der Waals surface area contributed by atoms with E-state index in [0.29, 0.717) is 16.5 Å². The van der Waals surface area contributed by atoms with Crippen molar-refractivity contribution in [3.05, 3.63) is 69.6 Å². The quantitative estimate of drug-likeness (QED) is 0.716. The molecule has 0 fully saturated rings. The van der Waals surface area contributed by atoms with E-state index in [2.05, 4.69) is 13.8 Å². The highest BCUT2D eigenvalue weighted by Crippen LogP contribution is 2.34. The van der Waals surface area contributed by atoms with Crippen molar-refractivity contribution >= 4 is 16.9 Å². The van der Waals surface area contributed by atoms with E-state index in [4.69, 9.17) is 4.42 Å². The van der Waals surface area contributed by atoms with Crippen molar-refractivity contribution in [2.75, 3.05) is 0 Å². The number of carboxylic acids is 1. The number of benzene rings is 2. The first kappa shape index (κ1) is 16.0. The Morgan fingerprint density at radius 1 is 1.12 bits per heavy atom. The van der Waals surface area contributed by atoms with E-state index in [1.54, 1.807) is 6.07 Å². The molecular weight excluding hydrogens is 304 g/mol. The van der Waals surface area contributed by atoms with Gasteiger partial charge in [0.25, 0.3) is 0 Å². The van der Waals surface area contributed by atoms with Crippen LogP contribution in [0.15, 0.2) is 51.7 Å². The monoisotopic (exact) mass is 322 g/mol. The molecule has 122 valence electrons. The zero-order valence-corrected chi connectivity index (χ0v) is 13.8. The maximum atomic E-state index is 12.3. The molecule has 1 aromatic heterocycles. The zero-order chi connectivity index (χ0) is 17.4. The summed E-state index contributed by atoms with van der Waals surface area (Å²) in [5.41, 5.74) is 2.36. The number of aromatic carboxylic acids is 1. The van der Waals surface area contributed by atoms with E-state index >= 15 is 0 Å². The van der Waals surface area contributed by atoms with Gasteiger partial charge in [0.05, 0.1) is 0 Å². The van der Waals surface area contributed by atoms with Crippen molar-refractivity contribution < 1.29 is 14.3 Å². The van der Waals surface area contributed by atoms with Gasteiger partial charge in [0.15, 0.2) is 5.56 Å². The minimum Gasteiger partial charge on any atom is -0.477 e. The highest BCUT2D eigenvalue weighted by atomic mass is 16.4. The number of hydrogen-bond acceptors (Lipinski definition) is 3. The van der Waals surface area contributed by atoms with E-state index in [0.717, 1.165) is 16.7 Å². The van der Waals surface area contributed by atoms with Gasteiger partial charge in [0, 0.05) is 10.9 Å². The van der Waals surface area contributed by atoms with Crippen LogP contribution in [0.5, 0.6) is 0 Å². The second-order valence-corrected chi connectivity index (χ2v) is 6.17. The summed E-state index contributed by atoms with van der Waals surface area (Å²) in [6.07, 6.45) is 0. The van der Waals surface area contributed by atoms with Gasteiger partial charge in [0.2, 0.25) is 0 Å². The number of carbonyl (C=O) groups is 1. The molecule has 0 radical (unpaired) electrons. The van der Waals surface area contributed by atoms with Crippen molar-refractivity contribution in [1.29, 1.82) is 0 Å². The van der Waals surface area contributed by atoms with Crippen LogP contribution in [0.25, 0.3) is 22.1 Å². The Bertz CT molecular complexity index is 996. The van der Waals surface area contributed by atoms with E-state index in [1.165, 1.54) is 0 Å². The summed E-state index contributed by atoms with van der Waals surface area (Å²) in [5, 5.41) is 10.2. The van der Waals surface area contributed by atoms with Crippen LogP contribution in [-0.4, -0.2) is 11.1 Å². The number of aryl methyl sites for hydroxylation is 1. The van der Waals surface area contributed by atoms with Crippen LogP contribution in [0, 0.1) is 6.92 Å². The fourth-order valence-corrected chi connectivity index (χ4v) is 2.91. The molecule has 2 aromatic carbocycles. The summed E-state index contributed by atoms with van der Waals surface area (Å²) in [7, 11) is 0. The Kier molecular flexibility index (Phi) is 3.97. The van der Waals surface area contributed by atoms with Gasteiger partial charge < -0.3 is 9.52 Å². The van der Waals surface area contributed by atoms with Crippen molar-refractivity contribution in [3.63, 3.8) is 0 Å². The fraction of sp³-hybridized carbons (Fsp3) is 0.200. The molecule has 1 N–H and O–H groups in total. The SMILES string of the molecule is Cc1ccccc1-c1c(C(=O)O)c(=O)oc2ccc(C(C)C)cc12. The standard InChI is InChI=1S/C20H18O4/c1-11(2)13-8-9-16-15(10-13)17(14-7-5-4-6-12(14)3)18(19(21)22)20(23)24-16/h4-11H,1-3H3,(H,21,22). The van der Waals surface area contributed by atoms with Gasteiger partial charge in [-0.15, -0.1) is 0 Å². The molecule has 0 bridgehead atoms. The molecular formula is C20H18O4. The molecule has 1 heterocycles. The predicted molar refractivity (Wildman–Crippen MR) is 93.7 cm³/mol. The number of fused-ring (bicyclic) bond motifs is 1. The predicted octanol–water partition coefficient (Wildman–Crippen LogP) is 4.59. The highest BCUT2D eigenvalue weighted by molar-refractivity contribution is 6.06. The summed E-state index contributed by atoms with van der Waals surface area (Å²) in [6.45, 7) is 6.02. The van der Waals surface area contributed by atoms with Crippen LogP contribution in [0.2, 0.25) is 0 Å². The third kappa shape index (κ3) is 2.60. The minimum atomic E-state index is -1.28. The molecule has 0 aliphatic heterocycles. The van der Waals surface area contributed by atoms with Crippen LogP contribution < -0.4 is 5.63 Å². The first-order valence-electron chi connectivity index (χ1n) is 7.80. The summed E-state index contributed by atoms with van der Waals surface area (Å²) < 4.78 is 5.25. The van der Waals surface area contributed by atoms with Crippen molar-refractivity contribution in [2.45, 2.75) is 26.7 Å². The molecule has 0 saturated carbocycles. The van der Waals surface area contributed by atoms with Crippen LogP contribution >= 0.6 is 0 Å². The minimum absolute atomic E-state index is 0.277. The summed E-state index contributed by atoms with van der Waals surface area (Å²) in [4.78, 5) is 24.0. The van der Waals surface area contributed by atoms with Crippen LogP contribution in [0.3, 0.4) is 0 Å². The lowest BCUT2D eigenvalue weighted by atomic mass is 9.91. The Hall–Kier alpha value is -2.88. The van der Waals surface area contributed by atoms with Gasteiger partial charge in [-0.05, 0) is 41.7 Å². The van der Waals surface area contributed by atoms with Gasteiger partial charge in [-0.25, -0.2) is 9.59 Å². The van der Waals surface area contributed by atoms with E-state index in [-0.39, 0.29) is 11.5 Å². The van der Waals surface area contributed by atoms with Gasteiger partial charge in [-0.3, -0.25) is 0 Å². The topological polar surface area (TPSA) is 67.5 Å². The normalized spacial score (nSPS) is 11.2. The molecule has 24 heavy (non-hydrogen) atoms. The molecule has 3 rings (SSSR count). The Balaban J connectivity index is 2.52. The molecule has 0 atom stereocenters. The molecule has 0 spiro atoms. The lowest BCUT2D eigenvalue weighted by Gasteiger charge is -2.13. The third-order valence-corrected chi connectivity index (χ3v) is 4.22. The summed E-state index contributed by atoms with van der Waals surface area (Å²) >= 11 is 0. The van der Waals surface area contributed by atoms with Gasteiger partial charge in [-0.1, -0.05) is 44.2 Å². The van der Waals surface area contributed by atoms with Gasteiger partial charge >= 0.3 is 11.6 Å². The van der Waals surface area contributed by atoms with Crippen molar-refractivity contribution in [1.82, 2.24) is 0 Å².